The van der Waals surface area contributed by atoms with Gasteiger partial charge in [-0.3, -0.25) is 9.69 Å². The number of carbonyl (C=O) groups excluding carboxylic acids is 1. The SMILES string of the molecule is CCN(CC)C(=O)C(C)N(CC)CCCN. The zero-order valence-electron chi connectivity index (χ0n) is 11.2. The Morgan fingerprint density at radius 3 is 2.12 bits per heavy atom. The fourth-order valence-corrected chi connectivity index (χ4v) is 1.88. The Morgan fingerprint density at radius 2 is 1.75 bits per heavy atom. The van der Waals surface area contributed by atoms with Crippen LogP contribution >= 0.6 is 0 Å². The molecule has 0 spiro atoms. The molecule has 0 aliphatic rings. The summed E-state index contributed by atoms with van der Waals surface area (Å²) in [6.07, 6.45) is 0.948. The van der Waals surface area contributed by atoms with E-state index in [0.29, 0.717) is 6.54 Å². The third-order valence-corrected chi connectivity index (χ3v) is 3.04. The van der Waals surface area contributed by atoms with E-state index >= 15 is 0 Å². The Morgan fingerprint density at radius 1 is 1.19 bits per heavy atom. The van der Waals surface area contributed by atoms with Gasteiger partial charge in [0.15, 0.2) is 0 Å². The molecule has 96 valence electrons. The summed E-state index contributed by atoms with van der Waals surface area (Å²) in [5.74, 6) is 0.226. The van der Waals surface area contributed by atoms with Gasteiger partial charge in [0.05, 0.1) is 6.04 Å². The van der Waals surface area contributed by atoms with E-state index in [9.17, 15) is 4.79 Å². The molecule has 0 aromatic heterocycles. The van der Waals surface area contributed by atoms with Gasteiger partial charge in [-0.15, -0.1) is 0 Å². The maximum Gasteiger partial charge on any atom is 0.239 e. The zero-order chi connectivity index (χ0) is 12.6. The number of carbonyl (C=O) groups is 1. The molecule has 16 heavy (non-hydrogen) atoms. The van der Waals surface area contributed by atoms with Crippen molar-refractivity contribution in [2.24, 2.45) is 5.73 Å². The van der Waals surface area contributed by atoms with Crippen LogP contribution in [0.5, 0.6) is 0 Å². The quantitative estimate of drug-likeness (QED) is 0.673. The maximum absolute atomic E-state index is 12.1. The van der Waals surface area contributed by atoms with Gasteiger partial charge in [0.25, 0.3) is 0 Å². The standard InChI is InChI=1S/C12H27N3O/c1-5-14(6-2)12(16)11(4)15(7-3)10-8-9-13/h11H,5-10,13H2,1-4H3. The second kappa shape index (κ2) is 8.53. The van der Waals surface area contributed by atoms with Gasteiger partial charge in [-0.05, 0) is 40.3 Å². The molecule has 0 rings (SSSR count). The van der Waals surface area contributed by atoms with E-state index in [1.807, 2.05) is 25.7 Å². The predicted octanol–water partition coefficient (Wildman–Crippen LogP) is 0.914. The molecule has 0 aliphatic heterocycles. The van der Waals surface area contributed by atoms with Gasteiger partial charge in [0.1, 0.15) is 0 Å². The third kappa shape index (κ3) is 4.49. The highest BCUT2D eigenvalue weighted by molar-refractivity contribution is 5.81. The first-order chi connectivity index (χ1) is 7.62. The van der Waals surface area contributed by atoms with Crippen LogP contribution in [0.15, 0.2) is 0 Å². The molecular weight excluding hydrogens is 202 g/mol. The van der Waals surface area contributed by atoms with Crippen molar-refractivity contribution in [3.63, 3.8) is 0 Å². The normalized spacial score (nSPS) is 12.9. The summed E-state index contributed by atoms with van der Waals surface area (Å²) in [6, 6.07) is -0.0311. The molecule has 1 unspecified atom stereocenters. The number of amides is 1. The number of hydrogen-bond acceptors (Lipinski definition) is 3. The maximum atomic E-state index is 12.1. The smallest absolute Gasteiger partial charge is 0.239 e. The first kappa shape index (κ1) is 15.4. The number of nitrogens with zero attached hydrogens (tertiary/aromatic N) is 2. The zero-order valence-corrected chi connectivity index (χ0v) is 11.2. The Bertz CT molecular complexity index is 193. The van der Waals surface area contributed by atoms with Crippen molar-refractivity contribution in [1.29, 1.82) is 0 Å². The van der Waals surface area contributed by atoms with Crippen LogP contribution in [0.3, 0.4) is 0 Å². The van der Waals surface area contributed by atoms with Gasteiger partial charge in [0.2, 0.25) is 5.91 Å². The molecule has 0 aliphatic carbocycles. The molecule has 0 radical (unpaired) electrons. The summed E-state index contributed by atoms with van der Waals surface area (Å²) in [6.45, 7) is 12.2. The summed E-state index contributed by atoms with van der Waals surface area (Å²) >= 11 is 0. The molecule has 0 aromatic rings. The van der Waals surface area contributed by atoms with Gasteiger partial charge in [0, 0.05) is 19.6 Å². The molecule has 0 bridgehead atoms. The van der Waals surface area contributed by atoms with E-state index in [0.717, 1.165) is 32.6 Å². The highest BCUT2D eigenvalue weighted by Crippen LogP contribution is 2.04. The molecule has 4 nitrogen and oxygen atoms in total. The second-order valence-corrected chi connectivity index (χ2v) is 3.96. The van der Waals surface area contributed by atoms with Crippen molar-refractivity contribution >= 4 is 5.91 Å². The molecule has 1 atom stereocenters. The highest BCUT2D eigenvalue weighted by atomic mass is 16.2. The second-order valence-electron chi connectivity index (χ2n) is 3.96. The van der Waals surface area contributed by atoms with Gasteiger partial charge in [-0.1, -0.05) is 6.92 Å². The van der Waals surface area contributed by atoms with E-state index in [2.05, 4.69) is 11.8 Å². The molecular formula is C12H27N3O. The molecule has 0 fully saturated rings. The van der Waals surface area contributed by atoms with E-state index in [1.165, 1.54) is 0 Å². The van der Waals surface area contributed by atoms with E-state index in [4.69, 9.17) is 5.73 Å². The van der Waals surface area contributed by atoms with Crippen LogP contribution in [0.4, 0.5) is 0 Å². The van der Waals surface area contributed by atoms with Crippen LogP contribution < -0.4 is 5.73 Å². The Hall–Kier alpha value is -0.610. The number of rotatable bonds is 8. The van der Waals surface area contributed by atoms with Crippen molar-refractivity contribution < 1.29 is 4.79 Å². The Kier molecular flexibility index (Phi) is 8.21. The largest absolute Gasteiger partial charge is 0.342 e. The Balaban J connectivity index is 4.35. The Labute approximate surface area is 99.8 Å². The summed E-state index contributed by atoms with van der Waals surface area (Å²) in [7, 11) is 0. The number of likely N-dealkylation sites (N-methyl/N-ethyl adjacent to an activating group) is 2. The predicted molar refractivity (Wildman–Crippen MR) is 68.3 cm³/mol. The van der Waals surface area contributed by atoms with Crippen LogP contribution in [0, 0.1) is 0 Å². The van der Waals surface area contributed by atoms with Gasteiger partial charge < -0.3 is 10.6 Å². The first-order valence-corrected chi connectivity index (χ1v) is 6.35. The van der Waals surface area contributed by atoms with Crippen LogP contribution in [0.1, 0.15) is 34.1 Å². The summed E-state index contributed by atoms with van der Waals surface area (Å²) in [5, 5.41) is 0. The molecule has 0 heterocycles. The summed E-state index contributed by atoms with van der Waals surface area (Å²) in [4.78, 5) is 16.2. The minimum atomic E-state index is -0.0311. The lowest BCUT2D eigenvalue weighted by Gasteiger charge is -2.31. The lowest BCUT2D eigenvalue weighted by atomic mass is 10.2. The van der Waals surface area contributed by atoms with Crippen molar-refractivity contribution in [2.75, 3.05) is 32.7 Å². The van der Waals surface area contributed by atoms with Crippen LogP contribution in [-0.4, -0.2) is 54.5 Å². The van der Waals surface area contributed by atoms with Gasteiger partial charge in [-0.2, -0.15) is 0 Å². The minimum Gasteiger partial charge on any atom is -0.342 e. The van der Waals surface area contributed by atoms with Gasteiger partial charge >= 0.3 is 0 Å². The van der Waals surface area contributed by atoms with Crippen molar-refractivity contribution in [1.82, 2.24) is 9.80 Å². The van der Waals surface area contributed by atoms with E-state index in [-0.39, 0.29) is 11.9 Å². The van der Waals surface area contributed by atoms with E-state index in [1.54, 1.807) is 0 Å². The highest BCUT2D eigenvalue weighted by Gasteiger charge is 2.22. The van der Waals surface area contributed by atoms with Gasteiger partial charge in [-0.25, -0.2) is 0 Å². The molecule has 0 saturated heterocycles. The number of nitrogens with two attached hydrogens (primary N) is 1. The summed E-state index contributed by atoms with van der Waals surface area (Å²) < 4.78 is 0. The minimum absolute atomic E-state index is 0.0311. The van der Waals surface area contributed by atoms with Crippen LogP contribution in [-0.2, 0) is 4.79 Å². The fourth-order valence-electron chi connectivity index (χ4n) is 1.88. The van der Waals surface area contributed by atoms with Crippen molar-refractivity contribution in [3.8, 4) is 0 Å². The summed E-state index contributed by atoms with van der Waals surface area (Å²) in [5.41, 5.74) is 5.50. The number of hydrogen-bond donors (Lipinski definition) is 1. The first-order valence-electron chi connectivity index (χ1n) is 6.35. The van der Waals surface area contributed by atoms with Crippen LogP contribution in [0.25, 0.3) is 0 Å². The molecule has 4 heteroatoms. The fraction of sp³-hybridized carbons (Fsp3) is 0.917. The third-order valence-electron chi connectivity index (χ3n) is 3.04. The average molecular weight is 229 g/mol. The van der Waals surface area contributed by atoms with E-state index < -0.39 is 0 Å². The molecule has 0 aromatic carbocycles. The topological polar surface area (TPSA) is 49.6 Å². The lowest BCUT2D eigenvalue weighted by Crippen LogP contribution is -2.47. The average Bonchev–Trinajstić information content (AvgIpc) is 2.31. The molecule has 1 amide bonds. The lowest BCUT2D eigenvalue weighted by molar-refractivity contribution is -0.136. The van der Waals surface area contributed by atoms with Crippen molar-refractivity contribution in [3.05, 3.63) is 0 Å². The van der Waals surface area contributed by atoms with Crippen molar-refractivity contribution in [2.45, 2.75) is 40.2 Å². The van der Waals surface area contributed by atoms with Crippen LogP contribution in [0.2, 0.25) is 0 Å². The molecule has 2 N–H and O–H groups in total. The molecule has 0 saturated carbocycles. The monoisotopic (exact) mass is 229 g/mol.